The number of amides is 2. The average molecular weight is 241 g/mol. The minimum absolute atomic E-state index is 0.00755. The van der Waals surface area contributed by atoms with Crippen molar-refractivity contribution in [1.29, 1.82) is 0 Å². The number of hydrogen-bond acceptors (Lipinski definition) is 3. The smallest absolute Gasteiger partial charge is 0.239 e. The summed E-state index contributed by atoms with van der Waals surface area (Å²) in [6.45, 7) is 4.39. The molecule has 0 radical (unpaired) electrons. The molecule has 0 aliphatic heterocycles. The van der Waals surface area contributed by atoms with Crippen molar-refractivity contribution in [3.8, 4) is 0 Å². The van der Waals surface area contributed by atoms with E-state index in [0.29, 0.717) is 6.54 Å². The maximum absolute atomic E-state index is 11.9. The second-order valence-corrected chi connectivity index (χ2v) is 4.97. The van der Waals surface area contributed by atoms with Gasteiger partial charge >= 0.3 is 0 Å². The largest absolute Gasteiger partial charge is 0.352 e. The fourth-order valence-corrected chi connectivity index (χ4v) is 2.34. The van der Waals surface area contributed by atoms with E-state index in [1.54, 1.807) is 0 Å². The average Bonchev–Trinajstić information content (AvgIpc) is 2.72. The standard InChI is InChI=1S/C12H23N3O2/c1-8(2)15-11(16)7-14-12(17)10-5-3-4-9(10)6-13/h8-10H,3-7,13H2,1-2H3,(H,14,17)(H,15,16). The molecule has 17 heavy (non-hydrogen) atoms. The van der Waals surface area contributed by atoms with Crippen LogP contribution >= 0.6 is 0 Å². The molecule has 2 atom stereocenters. The second-order valence-electron chi connectivity index (χ2n) is 4.97. The highest BCUT2D eigenvalue weighted by molar-refractivity contribution is 5.86. The van der Waals surface area contributed by atoms with E-state index in [1.807, 2.05) is 13.8 Å². The third kappa shape index (κ3) is 4.34. The van der Waals surface area contributed by atoms with Gasteiger partial charge in [0, 0.05) is 12.0 Å². The third-order valence-corrected chi connectivity index (χ3v) is 3.17. The van der Waals surface area contributed by atoms with Crippen LogP contribution in [0.3, 0.4) is 0 Å². The van der Waals surface area contributed by atoms with Gasteiger partial charge < -0.3 is 16.4 Å². The third-order valence-electron chi connectivity index (χ3n) is 3.17. The van der Waals surface area contributed by atoms with Gasteiger partial charge in [-0.05, 0) is 39.2 Å². The van der Waals surface area contributed by atoms with Crippen LogP contribution in [0.2, 0.25) is 0 Å². The maximum Gasteiger partial charge on any atom is 0.239 e. The van der Waals surface area contributed by atoms with Gasteiger partial charge in [-0.25, -0.2) is 0 Å². The maximum atomic E-state index is 11.9. The zero-order chi connectivity index (χ0) is 12.8. The van der Waals surface area contributed by atoms with E-state index in [2.05, 4.69) is 10.6 Å². The lowest BCUT2D eigenvalue weighted by Crippen LogP contribution is -2.42. The first-order chi connectivity index (χ1) is 8.04. The Hall–Kier alpha value is -1.10. The predicted octanol–water partition coefficient (Wildman–Crippen LogP) is 0.00220. The Bertz CT molecular complexity index is 279. The lowest BCUT2D eigenvalue weighted by molar-refractivity contribution is -0.129. The quantitative estimate of drug-likeness (QED) is 0.633. The number of carbonyl (C=O) groups is 2. The molecule has 0 aromatic rings. The Morgan fingerprint density at radius 1 is 1.35 bits per heavy atom. The molecule has 0 aromatic heterocycles. The minimum Gasteiger partial charge on any atom is -0.352 e. The number of rotatable bonds is 5. The van der Waals surface area contributed by atoms with Crippen LogP contribution in [0.1, 0.15) is 33.1 Å². The van der Waals surface area contributed by atoms with E-state index >= 15 is 0 Å². The highest BCUT2D eigenvalue weighted by Crippen LogP contribution is 2.30. The van der Waals surface area contributed by atoms with E-state index in [0.717, 1.165) is 19.3 Å². The number of nitrogens with one attached hydrogen (secondary N) is 2. The highest BCUT2D eigenvalue weighted by atomic mass is 16.2. The molecule has 0 heterocycles. The molecule has 1 fully saturated rings. The lowest BCUT2D eigenvalue weighted by atomic mass is 9.95. The van der Waals surface area contributed by atoms with Crippen molar-refractivity contribution < 1.29 is 9.59 Å². The Kier molecular flexibility index (Phi) is 5.41. The zero-order valence-corrected chi connectivity index (χ0v) is 10.7. The summed E-state index contributed by atoms with van der Waals surface area (Å²) in [5.74, 6) is 0.0995. The van der Waals surface area contributed by atoms with Crippen LogP contribution in [-0.4, -0.2) is 30.9 Å². The Morgan fingerprint density at radius 2 is 2.06 bits per heavy atom. The van der Waals surface area contributed by atoms with Gasteiger partial charge in [-0.2, -0.15) is 0 Å². The highest BCUT2D eigenvalue weighted by Gasteiger charge is 2.31. The Labute approximate surface area is 103 Å². The SMILES string of the molecule is CC(C)NC(=O)CNC(=O)C1CCCC1CN. The van der Waals surface area contributed by atoms with Gasteiger partial charge in [0.25, 0.3) is 0 Å². The van der Waals surface area contributed by atoms with Crippen molar-refractivity contribution in [2.45, 2.75) is 39.2 Å². The van der Waals surface area contributed by atoms with Crippen molar-refractivity contribution in [3.63, 3.8) is 0 Å². The molecular formula is C12H23N3O2. The van der Waals surface area contributed by atoms with Gasteiger partial charge in [0.15, 0.2) is 0 Å². The van der Waals surface area contributed by atoms with Gasteiger partial charge in [0.1, 0.15) is 0 Å². The molecule has 1 rings (SSSR count). The minimum atomic E-state index is -0.143. The molecule has 0 spiro atoms. The van der Waals surface area contributed by atoms with Crippen molar-refractivity contribution >= 4 is 11.8 Å². The number of nitrogens with two attached hydrogens (primary N) is 1. The summed E-state index contributed by atoms with van der Waals surface area (Å²) in [5.41, 5.74) is 5.62. The Morgan fingerprint density at radius 3 is 2.65 bits per heavy atom. The number of hydrogen-bond donors (Lipinski definition) is 3. The van der Waals surface area contributed by atoms with Crippen molar-refractivity contribution in [2.75, 3.05) is 13.1 Å². The summed E-state index contributed by atoms with van der Waals surface area (Å²) in [4.78, 5) is 23.2. The van der Waals surface area contributed by atoms with Gasteiger partial charge in [0.05, 0.1) is 6.54 Å². The molecule has 1 saturated carbocycles. The van der Waals surface area contributed by atoms with E-state index < -0.39 is 0 Å². The van der Waals surface area contributed by atoms with Crippen LogP contribution in [0.4, 0.5) is 0 Å². The summed E-state index contributed by atoms with van der Waals surface area (Å²) in [6, 6.07) is 0.0997. The van der Waals surface area contributed by atoms with Crippen molar-refractivity contribution in [1.82, 2.24) is 10.6 Å². The summed E-state index contributed by atoms with van der Waals surface area (Å²) in [5, 5.41) is 5.42. The second kappa shape index (κ2) is 6.59. The summed E-state index contributed by atoms with van der Waals surface area (Å²) in [7, 11) is 0. The molecule has 1 aliphatic rings. The van der Waals surface area contributed by atoms with E-state index in [4.69, 9.17) is 5.73 Å². The summed E-state index contributed by atoms with van der Waals surface area (Å²) < 4.78 is 0. The summed E-state index contributed by atoms with van der Waals surface area (Å²) >= 11 is 0. The predicted molar refractivity (Wildman–Crippen MR) is 66.2 cm³/mol. The fraction of sp³-hybridized carbons (Fsp3) is 0.833. The molecule has 98 valence electrons. The van der Waals surface area contributed by atoms with Gasteiger partial charge in [-0.15, -0.1) is 0 Å². The van der Waals surface area contributed by atoms with E-state index in [-0.39, 0.29) is 36.2 Å². The molecule has 0 saturated heterocycles. The molecular weight excluding hydrogens is 218 g/mol. The molecule has 5 heteroatoms. The molecule has 0 bridgehead atoms. The molecule has 1 aliphatic carbocycles. The number of carbonyl (C=O) groups excluding carboxylic acids is 2. The van der Waals surface area contributed by atoms with Crippen LogP contribution in [0.25, 0.3) is 0 Å². The molecule has 5 nitrogen and oxygen atoms in total. The first-order valence-electron chi connectivity index (χ1n) is 6.31. The summed E-state index contributed by atoms with van der Waals surface area (Å²) in [6.07, 6.45) is 2.96. The van der Waals surface area contributed by atoms with Crippen LogP contribution < -0.4 is 16.4 Å². The van der Waals surface area contributed by atoms with Gasteiger partial charge in [-0.1, -0.05) is 6.42 Å². The molecule has 4 N–H and O–H groups in total. The topological polar surface area (TPSA) is 84.2 Å². The lowest BCUT2D eigenvalue weighted by Gasteiger charge is -2.17. The van der Waals surface area contributed by atoms with Crippen molar-refractivity contribution in [2.24, 2.45) is 17.6 Å². The van der Waals surface area contributed by atoms with Crippen LogP contribution in [-0.2, 0) is 9.59 Å². The van der Waals surface area contributed by atoms with Crippen LogP contribution in [0.15, 0.2) is 0 Å². The molecule has 2 unspecified atom stereocenters. The monoisotopic (exact) mass is 241 g/mol. The van der Waals surface area contributed by atoms with Gasteiger partial charge in [-0.3, -0.25) is 9.59 Å². The van der Waals surface area contributed by atoms with E-state index in [9.17, 15) is 9.59 Å². The Balaban J connectivity index is 2.31. The van der Waals surface area contributed by atoms with E-state index in [1.165, 1.54) is 0 Å². The first-order valence-corrected chi connectivity index (χ1v) is 6.31. The first kappa shape index (κ1) is 14.0. The zero-order valence-electron chi connectivity index (χ0n) is 10.7. The molecule has 0 aromatic carbocycles. The normalized spacial score (nSPS) is 23.8. The molecule has 2 amide bonds. The van der Waals surface area contributed by atoms with Gasteiger partial charge in [0.2, 0.25) is 11.8 Å². The van der Waals surface area contributed by atoms with Crippen LogP contribution in [0.5, 0.6) is 0 Å². The fourth-order valence-electron chi connectivity index (χ4n) is 2.34. The van der Waals surface area contributed by atoms with Crippen LogP contribution in [0, 0.1) is 11.8 Å². The van der Waals surface area contributed by atoms with Crippen molar-refractivity contribution in [3.05, 3.63) is 0 Å².